The highest BCUT2D eigenvalue weighted by atomic mass is 16.5. The van der Waals surface area contributed by atoms with Crippen LogP contribution in [0.3, 0.4) is 0 Å². The summed E-state index contributed by atoms with van der Waals surface area (Å²) in [7, 11) is 0. The summed E-state index contributed by atoms with van der Waals surface area (Å²) < 4.78 is 5.55. The zero-order valence-corrected chi connectivity index (χ0v) is 17.2. The largest absolute Gasteiger partial charge is 0.337 e. The molecular weight excluding hydrogens is 338 g/mol. The van der Waals surface area contributed by atoms with Crippen molar-refractivity contribution in [3.63, 3.8) is 0 Å². The lowest BCUT2D eigenvalue weighted by Gasteiger charge is -2.26. The SMILES string of the molecule is Cc1cccc(-c2noc(C3CCCN3C(=O)CC(C)CC(C)(C)C)n2)c1. The van der Waals surface area contributed by atoms with Crippen LogP contribution in [0.25, 0.3) is 11.4 Å². The summed E-state index contributed by atoms with van der Waals surface area (Å²) in [5.41, 5.74) is 2.34. The molecule has 1 aromatic heterocycles. The van der Waals surface area contributed by atoms with Crippen molar-refractivity contribution in [1.82, 2.24) is 15.0 Å². The highest BCUT2D eigenvalue weighted by molar-refractivity contribution is 5.77. The van der Waals surface area contributed by atoms with Gasteiger partial charge in [0.15, 0.2) is 0 Å². The van der Waals surface area contributed by atoms with Crippen LogP contribution in [0.4, 0.5) is 0 Å². The first kappa shape index (κ1) is 19.6. The molecule has 1 aliphatic rings. The van der Waals surface area contributed by atoms with Crippen molar-refractivity contribution >= 4 is 5.91 Å². The number of hydrogen-bond acceptors (Lipinski definition) is 4. The van der Waals surface area contributed by atoms with Crippen molar-refractivity contribution in [1.29, 1.82) is 0 Å². The molecule has 1 aliphatic heterocycles. The van der Waals surface area contributed by atoms with Gasteiger partial charge in [0.2, 0.25) is 17.6 Å². The number of nitrogens with zero attached hydrogens (tertiary/aromatic N) is 3. The summed E-state index contributed by atoms with van der Waals surface area (Å²) in [6.45, 7) is 11.6. The molecule has 146 valence electrons. The number of carbonyl (C=O) groups excluding carboxylic acids is 1. The van der Waals surface area contributed by atoms with Crippen molar-refractivity contribution in [3.8, 4) is 11.4 Å². The molecule has 1 saturated heterocycles. The summed E-state index contributed by atoms with van der Waals surface area (Å²) in [6.07, 6.45) is 3.48. The number of aromatic nitrogens is 2. The Hall–Kier alpha value is -2.17. The summed E-state index contributed by atoms with van der Waals surface area (Å²) in [5.74, 6) is 1.71. The predicted octanol–water partition coefficient (Wildman–Crippen LogP) is 5.17. The maximum absolute atomic E-state index is 12.9. The van der Waals surface area contributed by atoms with E-state index in [4.69, 9.17) is 4.52 Å². The van der Waals surface area contributed by atoms with Gasteiger partial charge in [0.1, 0.15) is 6.04 Å². The van der Waals surface area contributed by atoms with Crippen molar-refractivity contribution < 1.29 is 9.32 Å². The maximum Gasteiger partial charge on any atom is 0.249 e. The Balaban J connectivity index is 1.70. The molecule has 5 heteroatoms. The normalized spacial score (nSPS) is 18.7. The molecule has 27 heavy (non-hydrogen) atoms. The Labute approximate surface area is 162 Å². The van der Waals surface area contributed by atoms with Gasteiger partial charge in [-0.1, -0.05) is 56.6 Å². The fourth-order valence-corrected chi connectivity index (χ4v) is 4.13. The topological polar surface area (TPSA) is 59.2 Å². The van der Waals surface area contributed by atoms with Gasteiger partial charge in [-0.3, -0.25) is 4.79 Å². The van der Waals surface area contributed by atoms with Crippen LogP contribution >= 0.6 is 0 Å². The Morgan fingerprint density at radius 1 is 1.37 bits per heavy atom. The van der Waals surface area contributed by atoms with Crippen LogP contribution in [0.15, 0.2) is 28.8 Å². The molecule has 2 heterocycles. The molecule has 2 atom stereocenters. The van der Waals surface area contributed by atoms with Gasteiger partial charge in [-0.05, 0) is 43.6 Å². The minimum atomic E-state index is -0.0922. The molecule has 0 bridgehead atoms. The Bertz CT molecular complexity index is 791. The number of amides is 1. The second kappa shape index (κ2) is 7.83. The van der Waals surface area contributed by atoms with Gasteiger partial charge >= 0.3 is 0 Å². The van der Waals surface area contributed by atoms with Crippen LogP contribution in [-0.2, 0) is 4.79 Å². The molecule has 2 aromatic rings. The van der Waals surface area contributed by atoms with Crippen LogP contribution in [0.1, 0.15) is 70.9 Å². The van der Waals surface area contributed by atoms with Crippen molar-refractivity contribution in [2.45, 2.75) is 66.3 Å². The highest BCUT2D eigenvalue weighted by Crippen LogP contribution is 2.34. The van der Waals surface area contributed by atoms with Crippen molar-refractivity contribution in [2.24, 2.45) is 11.3 Å². The maximum atomic E-state index is 12.9. The molecule has 0 radical (unpaired) electrons. The van der Waals surface area contributed by atoms with Gasteiger partial charge in [0, 0.05) is 18.5 Å². The number of likely N-dealkylation sites (tertiary alicyclic amines) is 1. The lowest BCUT2D eigenvalue weighted by molar-refractivity contribution is -0.133. The van der Waals surface area contributed by atoms with E-state index in [0.717, 1.165) is 36.9 Å². The fraction of sp³-hybridized carbons (Fsp3) is 0.591. The number of hydrogen-bond donors (Lipinski definition) is 0. The smallest absolute Gasteiger partial charge is 0.249 e. The van der Waals surface area contributed by atoms with E-state index in [1.807, 2.05) is 36.1 Å². The molecule has 0 N–H and O–H groups in total. The zero-order chi connectivity index (χ0) is 19.6. The summed E-state index contributed by atoms with van der Waals surface area (Å²) in [5, 5.41) is 4.15. The summed E-state index contributed by atoms with van der Waals surface area (Å²) in [6, 6.07) is 7.96. The van der Waals surface area contributed by atoms with Gasteiger partial charge in [0.05, 0.1) is 0 Å². The number of aryl methyl sites for hydroxylation is 1. The average Bonchev–Trinajstić information content (AvgIpc) is 3.22. The first-order valence-corrected chi connectivity index (χ1v) is 9.93. The first-order chi connectivity index (χ1) is 12.7. The summed E-state index contributed by atoms with van der Waals surface area (Å²) >= 11 is 0. The molecule has 0 saturated carbocycles. The molecular formula is C22H31N3O2. The van der Waals surface area contributed by atoms with E-state index in [9.17, 15) is 4.79 Å². The van der Waals surface area contributed by atoms with Crippen LogP contribution in [0.2, 0.25) is 0 Å². The number of rotatable bonds is 5. The third-order valence-electron chi connectivity index (χ3n) is 5.06. The fourth-order valence-electron chi connectivity index (χ4n) is 4.13. The van der Waals surface area contributed by atoms with E-state index >= 15 is 0 Å². The van der Waals surface area contributed by atoms with Gasteiger partial charge in [-0.15, -0.1) is 0 Å². The molecule has 1 amide bonds. The molecule has 3 rings (SSSR count). The summed E-state index contributed by atoms with van der Waals surface area (Å²) in [4.78, 5) is 19.4. The van der Waals surface area contributed by atoms with Crippen LogP contribution in [0, 0.1) is 18.3 Å². The molecule has 5 nitrogen and oxygen atoms in total. The monoisotopic (exact) mass is 369 g/mol. The third-order valence-corrected chi connectivity index (χ3v) is 5.06. The molecule has 1 fully saturated rings. The lowest BCUT2D eigenvalue weighted by Crippen LogP contribution is -2.32. The van der Waals surface area contributed by atoms with E-state index in [1.54, 1.807) is 0 Å². The first-order valence-electron chi connectivity index (χ1n) is 9.93. The second-order valence-corrected chi connectivity index (χ2v) is 9.14. The minimum absolute atomic E-state index is 0.0922. The predicted molar refractivity (Wildman–Crippen MR) is 106 cm³/mol. The van der Waals surface area contributed by atoms with Crippen LogP contribution in [-0.4, -0.2) is 27.5 Å². The van der Waals surface area contributed by atoms with E-state index < -0.39 is 0 Å². The van der Waals surface area contributed by atoms with E-state index in [1.165, 1.54) is 0 Å². The van der Waals surface area contributed by atoms with Gasteiger partial charge in [-0.2, -0.15) is 4.98 Å². The van der Waals surface area contributed by atoms with E-state index in [0.29, 0.717) is 24.1 Å². The molecule has 0 aliphatic carbocycles. The Kier molecular flexibility index (Phi) is 5.68. The zero-order valence-electron chi connectivity index (χ0n) is 17.2. The van der Waals surface area contributed by atoms with Crippen LogP contribution < -0.4 is 0 Å². The third kappa shape index (κ3) is 4.96. The van der Waals surface area contributed by atoms with Gasteiger partial charge in [0.25, 0.3) is 0 Å². The van der Waals surface area contributed by atoms with E-state index in [2.05, 4.69) is 37.8 Å². The number of carbonyl (C=O) groups is 1. The second-order valence-electron chi connectivity index (χ2n) is 9.14. The highest BCUT2D eigenvalue weighted by Gasteiger charge is 2.34. The Morgan fingerprint density at radius 2 is 2.15 bits per heavy atom. The lowest BCUT2D eigenvalue weighted by atomic mass is 9.84. The van der Waals surface area contributed by atoms with E-state index in [-0.39, 0.29) is 17.4 Å². The standard InChI is InChI=1S/C22H31N3O2/c1-15-8-6-9-17(12-15)20-23-21(27-24-20)18-10-7-11-25(18)19(26)13-16(2)14-22(3,4)5/h6,8-9,12,16,18H,7,10-11,13-14H2,1-5H3. The molecule has 2 unspecified atom stereocenters. The Morgan fingerprint density at radius 3 is 2.85 bits per heavy atom. The quantitative estimate of drug-likeness (QED) is 0.729. The van der Waals surface area contributed by atoms with Crippen molar-refractivity contribution in [3.05, 3.63) is 35.7 Å². The number of benzene rings is 1. The van der Waals surface area contributed by atoms with Crippen LogP contribution in [0.5, 0.6) is 0 Å². The van der Waals surface area contributed by atoms with Gasteiger partial charge in [-0.25, -0.2) is 0 Å². The molecule has 1 aromatic carbocycles. The minimum Gasteiger partial charge on any atom is -0.337 e. The average molecular weight is 370 g/mol. The van der Waals surface area contributed by atoms with Crippen molar-refractivity contribution in [2.75, 3.05) is 6.54 Å². The van der Waals surface area contributed by atoms with Gasteiger partial charge < -0.3 is 9.42 Å². The molecule has 0 spiro atoms.